The van der Waals surface area contributed by atoms with Gasteiger partial charge in [-0.3, -0.25) is 10.1 Å². The number of piperidine rings is 1. The van der Waals surface area contributed by atoms with Crippen LogP contribution in [0.3, 0.4) is 0 Å². The van der Waals surface area contributed by atoms with Crippen LogP contribution >= 0.6 is 11.3 Å². The van der Waals surface area contributed by atoms with Crippen molar-refractivity contribution < 1.29 is 22.0 Å². The van der Waals surface area contributed by atoms with E-state index in [1.54, 1.807) is 29.6 Å². The van der Waals surface area contributed by atoms with Gasteiger partial charge in [-0.2, -0.15) is 4.31 Å². The van der Waals surface area contributed by atoms with Crippen molar-refractivity contribution in [3.8, 4) is 11.7 Å². The van der Waals surface area contributed by atoms with Crippen LogP contribution in [0.4, 0.5) is 6.01 Å². The number of aromatic nitrogens is 2. The number of nitrogens with zero attached hydrogens (tertiary/aromatic N) is 3. The van der Waals surface area contributed by atoms with Crippen LogP contribution in [0.5, 0.6) is 0 Å². The Morgan fingerprint density at radius 1 is 1.22 bits per heavy atom. The summed E-state index contributed by atoms with van der Waals surface area (Å²) in [6, 6.07) is 6.64. The van der Waals surface area contributed by atoms with Crippen molar-refractivity contribution in [3.63, 3.8) is 0 Å². The minimum absolute atomic E-state index is 0.0139. The average Bonchev–Trinajstić information content (AvgIpc) is 3.42. The quantitative estimate of drug-likeness (QED) is 0.689. The highest BCUT2D eigenvalue weighted by Crippen LogP contribution is 2.27. The molecule has 27 heavy (non-hydrogen) atoms. The summed E-state index contributed by atoms with van der Waals surface area (Å²) in [4.78, 5) is 12.4. The van der Waals surface area contributed by atoms with Crippen LogP contribution in [0.1, 0.15) is 12.8 Å². The van der Waals surface area contributed by atoms with E-state index in [-0.39, 0.29) is 23.7 Å². The Labute approximate surface area is 159 Å². The van der Waals surface area contributed by atoms with Crippen molar-refractivity contribution in [1.29, 1.82) is 0 Å². The first kappa shape index (κ1) is 17.9. The van der Waals surface area contributed by atoms with Gasteiger partial charge in [0.2, 0.25) is 5.91 Å². The predicted molar refractivity (Wildman–Crippen MR) is 96.4 cm³/mol. The SMILES string of the molecule is O=C(Nc1nnc(-c2ccco2)o1)C1CCN(S(=O)(=O)c2cccs2)CC1. The highest BCUT2D eigenvalue weighted by atomic mass is 32.2. The maximum atomic E-state index is 12.5. The van der Waals surface area contributed by atoms with Crippen molar-refractivity contribution in [2.45, 2.75) is 17.1 Å². The second-order valence-electron chi connectivity index (χ2n) is 5.99. The third-order valence-electron chi connectivity index (χ3n) is 4.30. The van der Waals surface area contributed by atoms with Gasteiger partial charge in [-0.1, -0.05) is 11.2 Å². The minimum atomic E-state index is -3.48. The topological polar surface area (TPSA) is 119 Å². The van der Waals surface area contributed by atoms with Crippen LogP contribution in [0.2, 0.25) is 0 Å². The molecule has 0 atom stereocenters. The summed E-state index contributed by atoms with van der Waals surface area (Å²) >= 11 is 1.19. The third-order valence-corrected chi connectivity index (χ3v) is 7.57. The van der Waals surface area contributed by atoms with E-state index in [0.717, 1.165) is 0 Å². The molecule has 142 valence electrons. The second-order valence-corrected chi connectivity index (χ2v) is 9.10. The number of anilines is 1. The number of carbonyl (C=O) groups is 1. The van der Waals surface area contributed by atoms with E-state index >= 15 is 0 Å². The molecule has 4 heterocycles. The van der Waals surface area contributed by atoms with Gasteiger partial charge in [0.25, 0.3) is 15.9 Å². The van der Waals surface area contributed by atoms with Crippen molar-refractivity contribution >= 4 is 33.3 Å². The van der Waals surface area contributed by atoms with Crippen LogP contribution in [0.25, 0.3) is 11.7 Å². The molecular weight excluding hydrogens is 392 g/mol. The van der Waals surface area contributed by atoms with E-state index in [2.05, 4.69) is 15.5 Å². The largest absolute Gasteiger partial charge is 0.459 e. The summed E-state index contributed by atoms with van der Waals surface area (Å²) in [5.41, 5.74) is 0. The number of carbonyl (C=O) groups excluding carboxylic acids is 1. The molecule has 0 unspecified atom stereocenters. The maximum absolute atomic E-state index is 12.5. The molecule has 0 spiro atoms. The Morgan fingerprint density at radius 2 is 2.04 bits per heavy atom. The van der Waals surface area contributed by atoms with Crippen LogP contribution in [-0.4, -0.2) is 41.9 Å². The van der Waals surface area contributed by atoms with Crippen LogP contribution < -0.4 is 5.32 Å². The van der Waals surface area contributed by atoms with E-state index in [0.29, 0.717) is 35.9 Å². The number of furan rings is 1. The lowest BCUT2D eigenvalue weighted by atomic mass is 9.97. The van der Waals surface area contributed by atoms with Gasteiger partial charge in [-0.15, -0.1) is 16.4 Å². The number of hydrogen-bond acceptors (Lipinski definition) is 8. The van der Waals surface area contributed by atoms with Gasteiger partial charge in [0.05, 0.1) is 6.26 Å². The van der Waals surface area contributed by atoms with Crippen molar-refractivity contribution in [2.75, 3.05) is 18.4 Å². The molecular formula is C16H16N4O5S2. The number of hydrogen-bond donors (Lipinski definition) is 1. The van der Waals surface area contributed by atoms with E-state index in [9.17, 15) is 13.2 Å². The molecule has 1 aliphatic heterocycles. The fourth-order valence-corrected chi connectivity index (χ4v) is 5.49. The van der Waals surface area contributed by atoms with Crippen molar-refractivity contribution in [1.82, 2.24) is 14.5 Å². The second kappa shape index (κ2) is 7.25. The predicted octanol–water partition coefficient (Wildman–Crippen LogP) is 2.43. The zero-order valence-corrected chi connectivity index (χ0v) is 15.7. The van der Waals surface area contributed by atoms with Gasteiger partial charge in [-0.05, 0) is 36.4 Å². The van der Waals surface area contributed by atoms with Gasteiger partial charge in [0.15, 0.2) is 5.76 Å². The van der Waals surface area contributed by atoms with Crippen LogP contribution in [0, 0.1) is 5.92 Å². The van der Waals surface area contributed by atoms with Gasteiger partial charge >= 0.3 is 6.01 Å². The van der Waals surface area contributed by atoms with Gasteiger partial charge < -0.3 is 8.83 Å². The highest BCUT2D eigenvalue weighted by molar-refractivity contribution is 7.91. The standard InChI is InChI=1S/C16H16N4O5S2/c21-14(17-16-19-18-15(25-16)12-3-1-9-24-12)11-5-7-20(8-6-11)27(22,23)13-4-2-10-26-13/h1-4,9-11H,5-8H2,(H,17,19,21). The molecule has 0 saturated carbocycles. The number of amides is 1. The highest BCUT2D eigenvalue weighted by Gasteiger charge is 2.33. The number of rotatable bonds is 5. The first-order valence-corrected chi connectivity index (χ1v) is 10.6. The molecule has 0 radical (unpaired) electrons. The summed E-state index contributed by atoms with van der Waals surface area (Å²) < 4.78 is 37.3. The fraction of sp³-hybridized carbons (Fsp3) is 0.312. The van der Waals surface area contributed by atoms with Gasteiger partial charge in [0, 0.05) is 19.0 Å². The monoisotopic (exact) mass is 408 g/mol. The lowest BCUT2D eigenvalue weighted by Gasteiger charge is -2.29. The molecule has 9 nitrogen and oxygen atoms in total. The number of sulfonamides is 1. The molecule has 11 heteroatoms. The molecule has 1 N–H and O–H groups in total. The maximum Gasteiger partial charge on any atom is 0.322 e. The Kier molecular flexibility index (Phi) is 4.81. The fourth-order valence-electron chi connectivity index (χ4n) is 2.88. The molecule has 1 aliphatic rings. The molecule has 1 fully saturated rings. The summed E-state index contributed by atoms with van der Waals surface area (Å²) in [5, 5.41) is 11.9. The van der Waals surface area contributed by atoms with E-state index < -0.39 is 10.0 Å². The molecule has 0 aliphatic carbocycles. The lowest BCUT2D eigenvalue weighted by Crippen LogP contribution is -2.41. The normalized spacial score (nSPS) is 16.4. The van der Waals surface area contributed by atoms with E-state index in [1.807, 2.05) is 0 Å². The van der Waals surface area contributed by atoms with Crippen molar-refractivity contribution in [3.05, 3.63) is 35.9 Å². The van der Waals surface area contributed by atoms with Gasteiger partial charge in [0.1, 0.15) is 4.21 Å². The molecule has 4 rings (SSSR count). The van der Waals surface area contributed by atoms with E-state index in [1.165, 1.54) is 21.9 Å². The van der Waals surface area contributed by atoms with E-state index in [4.69, 9.17) is 8.83 Å². The summed E-state index contributed by atoms with van der Waals surface area (Å²) in [7, 11) is -3.48. The lowest BCUT2D eigenvalue weighted by molar-refractivity contribution is -0.121. The molecule has 3 aromatic rings. The Bertz CT molecular complexity index is 1000. The first-order valence-electron chi connectivity index (χ1n) is 8.26. The van der Waals surface area contributed by atoms with Crippen molar-refractivity contribution in [2.24, 2.45) is 5.92 Å². The zero-order valence-electron chi connectivity index (χ0n) is 14.1. The molecule has 3 aromatic heterocycles. The Balaban J connectivity index is 1.35. The molecule has 1 saturated heterocycles. The number of nitrogens with one attached hydrogen (secondary N) is 1. The average molecular weight is 408 g/mol. The molecule has 0 bridgehead atoms. The Hall–Kier alpha value is -2.50. The molecule has 1 amide bonds. The summed E-state index contributed by atoms with van der Waals surface area (Å²) in [6.45, 7) is 0.583. The van der Waals surface area contributed by atoms with Crippen LogP contribution in [0.15, 0.2) is 49.0 Å². The third kappa shape index (κ3) is 3.66. The zero-order chi connectivity index (χ0) is 18.9. The smallest absolute Gasteiger partial charge is 0.322 e. The summed E-state index contributed by atoms with van der Waals surface area (Å²) in [6.07, 6.45) is 2.33. The van der Waals surface area contributed by atoms with Gasteiger partial charge in [-0.25, -0.2) is 8.42 Å². The first-order chi connectivity index (χ1) is 13.0. The minimum Gasteiger partial charge on any atom is -0.459 e. The molecule has 0 aromatic carbocycles. The van der Waals surface area contributed by atoms with Crippen LogP contribution in [-0.2, 0) is 14.8 Å². The Morgan fingerprint density at radius 3 is 2.70 bits per heavy atom. The summed E-state index contributed by atoms with van der Waals surface area (Å²) in [5.74, 6) is -0.00110. The number of thiophene rings is 1.